The van der Waals surface area contributed by atoms with E-state index in [1.54, 1.807) is 31.4 Å². The molecule has 194 valence electrons. The second kappa shape index (κ2) is 11.6. The van der Waals surface area contributed by atoms with E-state index in [4.69, 9.17) is 15.2 Å². The molecule has 0 bridgehead atoms. The molecule has 0 fully saturated rings. The van der Waals surface area contributed by atoms with Crippen molar-refractivity contribution in [3.8, 4) is 5.75 Å². The Hall–Kier alpha value is -3.03. The molecule has 0 saturated heterocycles. The monoisotopic (exact) mass is 487 g/mol. The Labute approximate surface area is 208 Å². The van der Waals surface area contributed by atoms with Crippen LogP contribution in [0.1, 0.15) is 79.0 Å². The molecule has 0 atom stereocenters. The maximum absolute atomic E-state index is 13.6. The number of nitrogens with two attached hydrogens (primary N) is 1. The van der Waals surface area contributed by atoms with E-state index >= 15 is 0 Å². The van der Waals surface area contributed by atoms with E-state index < -0.39 is 11.7 Å². The number of benzene rings is 1. The fourth-order valence-corrected chi connectivity index (χ4v) is 3.70. The molecular weight excluding hydrogens is 446 g/mol. The molecule has 0 aliphatic rings. The number of hydrogen-bond donors (Lipinski definition) is 2. The van der Waals surface area contributed by atoms with Gasteiger partial charge in [-0.1, -0.05) is 40.2 Å². The van der Waals surface area contributed by atoms with Crippen LogP contribution in [0, 0.1) is 5.41 Å². The van der Waals surface area contributed by atoms with E-state index in [9.17, 15) is 14.4 Å². The van der Waals surface area contributed by atoms with E-state index in [0.29, 0.717) is 41.8 Å². The normalized spacial score (nSPS) is 12.0. The first-order valence-electron chi connectivity index (χ1n) is 12.3. The average Bonchev–Trinajstić information content (AvgIpc) is 2.72. The fourth-order valence-electron chi connectivity index (χ4n) is 3.70. The van der Waals surface area contributed by atoms with Crippen molar-refractivity contribution in [1.29, 1.82) is 0 Å². The summed E-state index contributed by atoms with van der Waals surface area (Å²) in [7, 11) is 0. The first-order valence-corrected chi connectivity index (χ1v) is 12.3. The lowest BCUT2D eigenvalue weighted by molar-refractivity contribution is -0.118. The van der Waals surface area contributed by atoms with E-state index in [1.165, 1.54) is 0 Å². The maximum Gasteiger partial charge on any atom is 0.407 e. The summed E-state index contributed by atoms with van der Waals surface area (Å²) in [4.78, 5) is 37.4. The van der Waals surface area contributed by atoms with Gasteiger partial charge >= 0.3 is 6.09 Å². The van der Waals surface area contributed by atoms with Crippen LogP contribution in [0.3, 0.4) is 0 Å². The third kappa shape index (κ3) is 8.60. The van der Waals surface area contributed by atoms with Gasteiger partial charge in [0, 0.05) is 18.4 Å². The summed E-state index contributed by atoms with van der Waals surface area (Å²) in [5.74, 6) is 0.182. The van der Waals surface area contributed by atoms with Gasteiger partial charge in [0.1, 0.15) is 11.4 Å². The average molecular weight is 488 g/mol. The number of primary amides is 1. The molecule has 2 aromatic rings. The Morgan fingerprint density at radius 2 is 1.77 bits per heavy atom. The van der Waals surface area contributed by atoms with Crippen LogP contribution < -0.4 is 21.3 Å². The topological polar surface area (TPSA) is 113 Å². The molecule has 0 saturated carbocycles. The molecule has 3 N–H and O–H groups in total. The number of nitrogens with one attached hydrogen (secondary N) is 1. The largest absolute Gasteiger partial charge is 0.491 e. The van der Waals surface area contributed by atoms with Crippen LogP contribution in [-0.4, -0.2) is 28.8 Å². The number of ether oxygens (including phenoxy) is 2. The standard InChI is InChI=1S/C27H41N3O5/c1-8-9-14-34-23-20-15-18(11-13-22(28)31)10-12-19(20)24(32)30(17-26(2,3)4)21(23)16-29-25(33)35-27(5,6)7/h10,12,15H,8-9,11,13-14,16-17H2,1-7H3,(H2,28,31)(H,29,33). The number of alkyl carbamates (subject to hydrolysis) is 1. The van der Waals surface area contributed by atoms with E-state index in [0.717, 1.165) is 18.4 Å². The number of unbranched alkanes of at least 4 members (excludes halogenated alkanes) is 1. The predicted molar refractivity (Wildman–Crippen MR) is 139 cm³/mol. The number of aryl methyl sites for hydroxylation is 1. The van der Waals surface area contributed by atoms with Crippen molar-refractivity contribution in [2.24, 2.45) is 11.1 Å². The molecule has 2 amide bonds. The van der Waals surface area contributed by atoms with Gasteiger partial charge in [-0.3, -0.25) is 9.59 Å². The van der Waals surface area contributed by atoms with Crippen molar-refractivity contribution in [3.05, 3.63) is 39.8 Å². The fraction of sp³-hybridized carbons (Fsp3) is 0.593. The quantitative estimate of drug-likeness (QED) is 0.473. The van der Waals surface area contributed by atoms with Crippen molar-refractivity contribution in [2.75, 3.05) is 6.61 Å². The third-order valence-electron chi connectivity index (χ3n) is 5.23. The van der Waals surface area contributed by atoms with Crippen LogP contribution in [0.2, 0.25) is 0 Å². The van der Waals surface area contributed by atoms with Crippen LogP contribution >= 0.6 is 0 Å². The summed E-state index contributed by atoms with van der Waals surface area (Å²) >= 11 is 0. The van der Waals surface area contributed by atoms with Crippen molar-refractivity contribution in [3.63, 3.8) is 0 Å². The number of amides is 2. The second-order valence-electron chi connectivity index (χ2n) is 11.1. The SMILES string of the molecule is CCCCOc1c(CNC(=O)OC(C)(C)C)n(CC(C)(C)C)c(=O)c2ccc(CCC(N)=O)cc12. The highest BCUT2D eigenvalue weighted by molar-refractivity contribution is 5.89. The summed E-state index contributed by atoms with van der Waals surface area (Å²) in [5.41, 5.74) is 5.82. The van der Waals surface area contributed by atoms with Crippen LogP contribution in [0.5, 0.6) is 5.75 Å². The lowest BCUT2D eigenvalue weighted by Gasteiger charge is -2.26. The Morgan fingerprint density at radius 3 is 2.34 bits per heavy atom. The van der Waals surface area contributed by atoms with Crippen molar-refractivity contribution < 1.29 is 19.1 Å². The first kappa shape index (κ1) is 28.2. The molecule has 1 aromatic carbocycles. The molecule has 1 aromatic heterocycles. The predicted octanol–water partition coefficient (Wildman–Crippen LogP) is 4.67. The Morgan fingerprint density at radius 1 is 1.09 bits per heavy atom. The van der Waals surface area contributed by atoms with Gasteiger partial charge in [0.15, 0.2) is 0 Å². The highest BCUT2D eigenvalue weighted by Gasteiger charge is 2.24. The minimum atomic E-state index is -0.645. The molecule has 1 heterocycles. The second-order valence-corrected chi connectivity index (χ2v) is 11.1. The molecule has 0 radical (unpaired) electrons. The highest BCUT2D eigenvalue weighted by Crippen LogP contribution is 2.31. The van der Waals surface area contributed by atoms with Gasteiger partial charge in [0.25, 0.3) is 5.56 Å². The van der Waals surface area contributed by atoms with Crippen molar-refractivity contribution in [2.45, 2.75) is 92.8 Å². The zero-order chi connectivity index (χ0) is 26.4. The molecule has 0 unspecified atom stereocenters. The Balaban J connectivity index is 2.68. The molecule has 0 spiro atoms. The minimum Gasteiger partial charge on any atom is -0.491 e. The summed E-state index contributed by atoms with van der Waals surface area (Å²) in [6.45, 7) is 14.6. The van der Waals surface area contributed by atoms with E-state index in [-0.39, 0.29) is 29.8 Å². The number of nitrogens with zero attached hydrogens (tertiary/aromatic N) is 1. The number of fused-ring (bicyclic) bond motifs is 1. The molecule has 2 rings (SSSR count). The summed E-state index contributed by atoms with van der Waals surface area (Å²) in [6, 6.07) is 5.52. The smallest absolute Gasteiger partial charge is 0.407 e. The zero-order valence-corrected chi connectivity index (χ0v) is 22.2. The van der Waals surface area contributed by atoms with Crippen LogP contribution in [0.25, 0.3) is 10.8 Å². The van der Waals surface area contributed by atoms with Gasteiger partial charge in [-0.25, -0.2) is 4.79 Å². The molecular formula is C27H41N3O5. The van der Waals surface area contributed by atoms with E-state index in [2.05, 4.69) is 33.0 Å². The summed E-state index contributed by atoms with van der Waals surface area (Å²) in [6.07, 6.45) is 1.92. The first-order chi connectivity index (χ1) is 16.2. The number of hydrogen-bond acceptors (Lipinski definition) is 5. The molecule has 0 aliphatic carbocycles. The third-order valence-corrected chi connectivity index (χ3v) is 5.23. The number of rotatable bonds is 10. The molecule has 8 nitrogen and oxygen atoms in total. The van der Waals surface area contributed by atoms with Crippen molar-refractivity contribution >= 4 is 22.8 Å². The van der Waals surface area contributed by atoms with Gasteiger partial charge in [-0.2, -0.15) is 0 Å². The van der Waals surface area contributed by atoms with Gasteiger partial charge in [-0.15, -0.1) is 0 Å². The van der Waals surface area contributed by atoms with Crippen LogP contribution in [-0.2, 0) is 29.0 Å². The number of aromatic nitrogens is 1. The lowest BCUT2D eigenvalue weighted by Crippen LogP contribution is -2.36. The molecule has 0 aliphatic heterocycles. The van der Waals surface area contributed by atoms with Crippen molar-refractivity contribution in [1.82, 2.24) is 9.88 Å². The molecule has 8 heteroatoms. The summed E-state index contributed by atoms with van der Waals surface area (Å²) < 4.78 is 13.4. The van der Waals surface area contributed by atoms with Gasteiger partial charge < -0.3 is 25.1 Å². The van der Waals surface area contributed by atoms with E-state index in [1.807, 2.05) is 12.1 Å². The summed E-state index contributed by atoms with van der Waals surface area (Å²) in [5, 5.41) is 4.00. The minimum absolute atomic E-state index is 0.0726. The Bertz CT molecular complexity index is 1110. The van der Waals surface area contributed by atoms with Crippen LogP contribution in [0.4, 0.5) is 4.79 Å². The molecule has 35 heavy (non-hydrogen) atoms. The van der Waals surface area contributed by atoms with Gasteiger partial charge in [0.05, 0.1) is 24.2 Å². The number of pyridine rings is 1. The van der Waals surface area contributed by atoms with Crippen LogP contribution in [0.15, 0.2) is 23.0 Å². The zero-order valence-electron chi connectivity index (χ0n) is 22.2. The number of carbonyl (C=O) groups is 2. The van der Waals surface area contributed by atoms with Gasteiger partial charge in [-0.05, 0) is 56.7 Å². The maximum atomic E-state index is 13.6. The Kier molecular flexibility index (Phi) is 9.35. The highest BCUT2D eigenvalue weighted by atomic mass is 16.6. The number of carbonyl (C=O) groups excluding carboxylic acids is 2. The van der Waals surface area contributed by atoms with Gasteiger partial charge in [0.2, 0.25) is 5.91 Å². The lowest BCUT2D eigenvalue weighted by atomic mass is 9.95.